The molecule has 1 aliphatic heterocycles. The Bertz CT molecular complexity index is 509. The molecule has 8 nitrogen and oxygen atoms in total. The fraction of sp³-hybridized carbons (Fsp3) is 0.556. The molecule has 8 heteroatoms. The van der Waals surface area contributed by atoms with Crippen molar-refractivity contribution >= 4 is 0 Å². The summed E-state index contributed by atoms with van der Waals surface area (Å²) in [5.74, 6) is 0. The number of aliphatic hydroxyl groups is 3. The fourth-order valence-electron chi connectivity index (χ4n) is 1.74. The molecule has 0 amide bonds. The maximum absolute atomic E-state index is 11.4. The van der Waals surface area contributed by atoms with E-state index >= 15 is 0 Å². The van der Waals surface area contributed by atoms with Crippen LogP contribution in [0.3, 0.4) is 0 Å². The van der Waals surface area contributed by atoms with E-state index in [2.05, 4.69) is 0 Å². The zero-order valence-electron chi connectivity index (χ0n) is 8.68. The second-order valence-corrected chi connectivity index (χ2v) is 3.75. The van der Waals surface area contributed by atoms with Crippen LogP contribution >= 0.6 is 0 Å². The molecule has 0 saturated carbocycles. The van der Waals surface area contributed by atoms with Gasteiger partial charge in [-0.2, -0.15) is 0 Å². The van der Waals surface area contributed by atoms with Gasteiger partial charge >= 0.3 is 5.69 Å². The number of aromatic nitrogens is 2. The van der Waals surface area contributed by atoms with Crippen LogP contribution in [0.4, 0.5) is 0 Å². The van der Waals surface area contributed by atoms with Gasteiger partial charge in [-0.15, -0.1) is 0 Å². The number of rotatable bonds is 2. The van der Waals surface area contributed by atoms with Crippen LogP contribution in [0.1, 0.15) is 6.23 Å². The van der Waals surface area contributed by atoms with E-state index in [0.29, 0.717) is 0 Å². The van der Waals surface area contributed by atoms with Crippen molar-refractivity contribution in [1.29, 1.82) is 0 Å². The van der Waals surface area contributed by atoms with Crippen LogP contribution in [0.15, 0.2) is 21.9 Å². The normalized spacial score (nSPS) is 32.9. The Hall–Kier alpha value is -1.48. The van der Waals surface area contributed by atoms with Crippen molar-refractivity contribution in [2.45, 2.75) is 24.5 Å². The smallest absolute Gasteiger partial charge is 0.330 e. The highest BCUT2D eigenvalue weighted by Crippen LogP contribution is 2.27. The van der Waals surface area contributed by atoms with Gasteiger partial charge in [0, 0.05) is 12.3 Å². The summed E-state index contributed by atoms with van der Waals surface area (Å²) < 4.78 is 6.08. The predicted octanol–water partition coefficient (Wildman–Crippen LogP) is -2.85. The Morgan fingerprint density at radius 2 is 2.06 bits per heavy atom. The lowest BCUT2D eigenvalue weighted by molar-refractivity contribution is -0.0550. The van der Waals surface area contributed by atoms with Crippen LogP contribution in [0.25, 0.3) is 0 Å². The summed E-state index contributed by atoms with van der Waals surface area (Å²) in [5.41, 5.74) is -1.33. The number of aliphatic hydroxyl groups excluding tert-OH is 3. The molecule has 1 fully saturated rings. The molecule has 0 aromatic carbocycles. The van der Waals surface area contributed by atoms with Crippen LogP contribution < -0.4 is 11.2 Å². The summed E-state index contributed by atoms with van der Waals surface area (Å²) in [6, 6.07) is 1.09. The molecule has 1 aromatic heterocycles. The van der Waals surface area contributed by atoms with E-state index in [4.69, 9.17) is 9.84 Å². The monoisotopic (exact) mass is 244 g/mol. The first-order chi connectivity index (χ1) is 8.04. The number of hydrogen-bond acceptors (Lipinski definition) is 6. The number of ether oxygens (including phenoxy) is 1. The van der Waals surface area contributed by atoms with Crippen molar-refractivity contribution in [3.05, 3.63) is 33.1 Å². The molecule has 1 aromatic rings. The summed E-state index contributed by atoms with van der Waals surface area (Å²) in [4.78, 5) is 24.3. The number of nitrogens with one attached hydrogen (secondary N) is 1. The molecule has 17 heavy (non-hydrogen) atoms. The van der Waals surface area contributed by atoms with Crippen molar-refractivity contribution in [2.75, 3.05) is 6.61 Å². The van der Waals surface area contributed by atoms with E-state index in [0.717, 1.165) is 16.8 Å². The Labute approximate surface area is 94.7 Å². The molecule has 4 N–H and O–H groups in total. The Kier molecular flexibility index (Phi) is 3.11. The molecule has 94 valence electrons. The molecule has 1 aliphatic rings. The predicted molar refractivity (Wildman–Crippen MR) is 54.3 cm³/mol. The van der Waals surface area contributed by atoms with Gasteiger partial charge in [0.2, 0.25) is 0 Å². The van der Waals surface area contributed by atoms with Crippen LogP contribution in [-0.4, -0.2) is 49.8 Å². The minimum absolute atomic E-state index is 0.479. The third-order valence-corrected chi connectivity index (χ3v) is 2.64. The van der Waals surface area contributed by atoms with Crippen LogP contribution in [-0.2, 0) is 4.74 Å². The van der Waals surface area contributed by atoms with Crippen LogP contribution in [0, 0.1) is 0 Å². The van der Waals surface area contributed by atoms with Gasteiger partial charge in [-0.05, 0) is 0 Å². The van der Waals surface area contributed by atoms with Crippen molar-refractivity contribution in [2.24, 2.45) is 0 Å². The topological polar surface area (TPSA) is 125 Å². The van der Waals surface area contributed by atoms with E-state index in [1.54, 1.807) is 0 Å². The largest absolute Gasteiger partial charge is 0.394 e. The van der Waals surface area contributed by atoms with Gasteiger partial charge in [-0.3, -0.25) is 14.3 Å². The Balaban J connectivity index is 2.35. The fourth-order valence-corrected chi connectivity index (χ4v) is 1.74. The average Bonchev–Trinajstić information content (AvgIpc) is 2.57. The standard InChI is InChI=1S/C9H12N2O6/c12-3-4-6(14)7(15)8(17-4)11-2-1-5(13)10-9(11)16/h1-2,4,6-8,12,14-15H,3H2,(H,10,13,16)/t4-,6+,7-,8-/m1/s1. The molecule has 0 bridgehead atoms. The number of hydrogen-bond donors (Lipinski definition) is 4. The first-order valence-corrected chi connectivity index (χ1v) is 4.98. The number of aromatic amines is 1. The van der Waals surface area contributed by atoms with Gasteiger partial charge in [0.25, 0.3) is 5.56 Å². The number of nitrogens with zero attached hydrogens (tertiary/aromatic N) is 1. The molecule has 4 atom stereocenters. The SMILES string of the molecule is O=c1ccn([C@@H]2O[C@H](CO)[C@H](O)[C@H]2O)c(=O)[nH]1. The second kappa shape index (κ2) is 4.41. The first kappa shape index (κ1) is 12.0. The van der Waals surface area contributed by atoms with Crippen molar-refractivity contribution in [3.63, 3.8) is 0 Å². The quantitative estimate of drug-likeness (QED) is 0.444. The average molecular weight is 244 g/mol. The first-order valence-electron chi connectivity index (χ1n) is 4.98. The molecule has 1 saturated heterocycles. The molecule has 0 radical (unpaired) electrons. The van der Waals surface area contributed by atoms with Gasteiger partial charge in [0.05, 0.1) is 6.61 Å². The van der Waals surface area contributed by atoms with Gasteiger partial charge < -0.3 is 20.1 Å². The van der Waals surface area contributed by atoms with Crippen molar-refractivity contribution in [1.82, 2.24) is 9.55 Å². The molecule has 0 unspecified atom stereocenters. The summed E-state index contributed by atoms with van der Waals surface area (Å²) in [6.45, 7) is -0.479. The summed E-state index contributed by atoms with van der Waals surface area (Å²) in [5, 5.41) is 28.1. The summed E-state index contributed by atoms with van der Waals surface area (Å²) in [6.07, 6.45) is -3.58. The highest BCUT2D eigenvalue weighted by atomic mass is 16.6. The Morgan fingerprint density at radius 3 is 2.59 bits per heavy atom. The highest BCUT2D eigenvalue weighted by molar-refractivity contribution is 4.92. The molecular weight excluding hydrogens is 232 g/mol. The summed E-state index contributed by atoms with van der Waals surface area (Å²) in [7, 11) is 0. The summed E-state index contributed by atoms with van der Waals surface area (Å²) >= 11 is 0. The second-order valence-electron chi connectivity index (χ2n) is 3.75. The maximum atomic E-state index is 11.4. The maximum Gasteiger partial charge on any atom is 0.330 e. The van der Waals surface area contributed by atoms with E-state index in [1.807, 2.05) is 4.98 Å². The highest BCUT2D eigenvalue weighted by Gasteiger charge is 2.43. The minimum Gasteiger partial charge on any atom is -0.394 e. The van der Waals surface area contributed by atoms with Crippen LogP contribution in [0.2, 0.25) is 0 Å². The molecule has 0 spiro atoms. The lowest BCUT2D eigenvalue weighted by atomic mass is 10.1. The van der Waals surface area contributed by atoms with Gasteiger partial charge in [0.15, 0.2) is 6.23 Å². The van der Waals surface area contributed by atoms with Gasteiger partial charge in [-0.1, -0.05) is 0 Å². The zero-order chi connectivity index (χ0) is 12.6. The van der Waals surface area contributed by atoms with Crippen molar-refractivity contribution < 1.29 is 20.1 Å². The number of H-pyrrole nitrogens is 1. The van der Waals surface area contributed by atoms with Crippen LogP contribution in [0.5, 0.6) is 0 Å². The third kappa shape index (κ3) is 2.03. The minimum atomic E-state index is -1.35. The van der Waals surface area contributed by atoms with Crippen molar-refractivity contribution in [3.8, 4) is 0 Å². The van der Waals surface area contributed by atoms with E-state index in [1.165, 1.54) is 0 Å². The van der Waals surface area contributed by atoms with E-state index in [-0.39, 0.29) is 0 Å². The van der Waals surface area contributed by atoms with E-state index in [9.17, 15) is 19.8 Å². The van der Waals surface area contributed by atoms with Gasteiger partial charge in [0.1, 0.15) is 18.3 Å². The molecule has 0 aliphatic carbocycles. The lowest BCUT2D eigenvalue weighted by Crippen LogP contribution is -2.37. The van der Waals surface area contributed by atoms with Gasteiger partial charge in [-0.25, -0.2) is 4.79 Å². The molecule has 2 heterocycles. The third-order valence-electron chi connectivity index (χ3n) is 2.64. The Morgan fingerprint density at radius 1 is 1.35 bits per heavy atom. The zero-order valence-corrected chi connectivity index (χ0v) is 8.68. The lowest BCUT2D eigenvalue weighted by Gasteiger charge is -2.16. The molecular formula is C9H12N2O6. The molecule has 2 rings (SSSR count). The van der Waals surface area contributed by atoms with E-state index < -0.39 is 42.4 Å².